The standard InChI is InChI=1S/C14H18N2O2/c1-10(2)13-14(18)15-8-12(17)16(13)9-11-6-4-3-5-7-11/h3-7,10,13H,8-9H2,1-2H3,(H,15,18). The Bertz CT molecular complexity index is 442. The second-order valence-electron chi connectivity index (χ2n) is 4.91. The van der Waals surface area contributed by atoms with Crippen molar-refractivity contribution < 1.29 is 9.59 Å². The zero-order valence-corrected chi connectivity index (χ0v) is 10.7. The van der Waals surface area contributed by atoms with E-state index in [0.717, 1.165) is 5.56 Å². The number of piperazine rings is 1. The molecular formula is C14H18N2O2. The molecule has 0 bridgehead atoms. The molecule has 96 valence electrons. The molecule has 1 heterocycles. The summed E-state index contributed by atoms with van der Waals surface area (Å²) in [7, 11) is 0. The van der Waals surface area contributed by atoms with E-state index in [1.165, 1.54) is 0 Å². The highest BCUT2D eigenvalue weighted by molar-refractivity contribution is 5.94. The minimum atomic E-state index is -0.369. The lowest BCUT2D eigenvalue weighted by atomic mass is 9.98. The van der Waals surface area contributed by atoms with Crippen LogP contribution in [-0.4, -0.2) is 29.3 Å². The van der Waals surface area contributed by atoms with Crippen LogP contribution in [0.2, 0.25) is 0 Å². The average Bonchev–Trinajstić information content (AvgIpc) is 2.35. The summed E-state index contributed by atoms with van der Waals surface area (Å²) in [4.78, 5) is 25.5. The fourth-order valence-corrected chi connectivity index (χ4v) is 2.29. The summed E-state index contributed by atoms with van der Waals surface area (Å²) in [5, 5.41) is 2.65. The summed E-state index contributed by atoms with van der Waals surface area (Å²) < 4.78 is 0. The molecule has 1 aromatic carbocycles. The predicted octanol–water partition coefficient (Wildman–Crippen LogP) is 1.17. The van der Waals surface area contributed by atoms with Crippen LogP contribution in [0.4, 0.5) is 0 Å². The molecule has 2 amide bonds. The molecule has 4 heteroatoms. The number of hydrogen-bond acceptors (Lipinski definition) is 2. The van der Waals surface area contributed by atoms with E-state index in [1.54, 1.807) is 4.90 Å². The number of amides is 2. The molecule has 1 N–H and O–H groups in total. The van der Waals surface area contributed by atoms with Gasteiger partial charge in [0, 0.05) is 6.54 Å². The summed E-state index contributed by atoms with van der Waals surface area (Å²) in [5.74, 6) is 0.0376. The Hall–Kier alpha value is -1.84. The first-order valence-electron chi connectivity index (χ1n) is 6.20. The van der Waals surface area contributed by atoms with E-state index >= 15 is 0 Å². The molecule has 0 aromatic heterocycles. The van der Waals surface area contributed by atoms with Gasteiger partial charge in [0.15, 0.2) is 0 Å². The number of benzene rings is 1. The molecule has 0 saturated carbocycles. The van der Waals surface area contributed by atoms with Crippen LogP contribution in [0.15, 0.2) is 30.3 Å². The van der Waals surface area contributed by atoms with Crippen molar-refractivity contribution in [1.29, 1.82) is 0 Å². The van der Waals surface area contributed by atoms with Crippen molar-refractivity contribution >= 4 is 11.8 Å². The lowest BCUT2D eigenvalue weighted by molar-refractivity contribution is -0.148. The monoisotopic (exact) mass is 246 g/mol. The van der Waals surface area contributed by atoms with Gasteiger partial charge in [-0.1, -0.05) is 44.2 Å². The van der Waals surface area contributed by atoms with Gasteiger partial charge in [-0.05, 0) is 11.5 Å². The summed E-state index contributed by atoms with van der Waals surface area (Å²) >= 11 is 0. The third-order valence-corrected chi connectivity index (χ3v) is 3.17. The van der Waals surface area contributed by atoms with Gasteiger partial charge in [0.05, 0.1) is 6.54 Å². The van der Waals surface area contributed by atoms with Crippen molar-refractivity contribution in [2.24, 2.45) is 5.92 Å². The zero-order chi connectivity index (χ0) is 13.1. The maximum Gasteiger partial charge on any atom is 0.243 e. The van der Waals surface area contributed by atoms with Gasteiger partial charge in [0.1, 0.15) is 6.04 Å². The predicted molar refractivity (Wildman–Crippen MR) is 68.6 cm³/mol. The van der Waals surface area contributed by atoms with E-state index in [2.05, 4.69) is 5.32 Å². The molecular weight excluding hydrogens is 228 g/mol. The SMILES string of the molecule is CC(C)C1C(=O)NCC(=O)N1Cc1ccccc1. The second-order valence-corrected chi connectivity index (χ2v) is 4.91. The van der Waals surface area contributed by atoms with Gasteiger partial charge >= 0.3 is 0 Å². The van der Waals surface area contributed by atoms with Crippen molar-refractivity contribution in [2.75, 3.05) is 6.54 Å². The molecule has 1 aromatic rings. The third-order valence-electron chi connectivity index (χ3n) is 3.17. The van der Waals surface area contributed by atoms with Crippen LogP contribution < -0.4 is 5.32 Å². The highest BCUT2D eigenvalue weighted by atomic mass is 16.2. The largest absolute Gasteiger partial charge is 0.345 e. The molecule has 0 spiro atoms. The third kappa shape index (κ3) is 2.53. The van der Waals surface area contributed by atoms with E-state index in [9.17, 15) is 9.59 Å². The first kappa shape index (κ1) is 12.6. The van der Waals surface area contributed by atoms with E-state index < -0.39 is 0 Å². The molecule has 1 aliphatic rings. The molecule has 2 rings (SSSR count). The fourth-order valence-electron chi connectivity index (χ4n) is 2.29. The van der Waals surface area contributed by atoms with Crippen LogP contribution in [0.1, 0.15) is 19.4 Å². The van der Waals surface area contributed by atoms with Crippen molar-refractivity contribution in [3.05, 3.63) is 35.9 Å². The summed E-state index contributed by atoms with van der Waals surface area (Å²) in [6.45, 7) is 4.52. The summed E-state index contributed by atoms with van der Waals surface area (Å²) in [6.07, 6.45) is 0. The summed E-state index contributed by atoms with van der Waals surface area (Å²) in [5.41, 5.74) is 1.05. The van der Waals surface area contributed by atoms with Crippen molar-refractivity contribution in [2.45, 2.75) is 26.4 Å². The molecule has 4 nitrogen and oxygen atoms in total. The lowest BCUT2D eigenvalue weighted by Crippen LogP contribution is -2.59. The molecule has 1 aliphatic heterocycles. The van der Waals surface area contributed by atoms with Crippen LogP contribution in [0.3, 0.4) is 0 Å². The smallest absolute Gasteiger partial charge is 0.243 e. The fraction of sp³-hybridized carbons (Fsp3) is 0.429. The van der Waals surface area contributed by atoms with Crippen LogP contribution >= 0.6 is 0 Å². The van der Waals surface area contributed by atoms with Gasteiger partial charge in [-0.15, -0.1) is 0 Å². The summed E-state index contributed by atoms with van der Waals surface area (Å²) in [6, 6.07) is 9.39. The molecule has 1 saturated heterocycles. The minimum Gasteiger partial charge on any atom is -0.345 e. The van der Waals surface area contributed by atoms with E-state index in [-0.39, 0.29) is 30.3 Å². The molecule has 0 aliphatic carbocycles. The highest BCUT2D eigenvalue weighted by Crippen LogP contribution is 2.18. The molecule has 1 unspecified atom stereocenters. The van der Waals surface area contributed by atoms with Gasteiger partial charge in [0.2, 0.25) is 11.8 Å². The normalized spacial score (nSPS) is 20.2. The first-order chi connectivity index (χ1) is 8.59. The van der Waals surface area contributed by atoms with Crippen LogP contribution in [0.25, 0.3) is 0 Å². The minimum absolute atomic E-state index is 0.0165. The molecule has 18 heavy (non-hydrogen) atoms. The number of hydrogen-bond donors (Lipinski definition) is 1. The zero-order valence-electron chi connectivity index (χ0n) is 10.7. The average molecular weight is 246 g/mol. The van der Waals surface area contributed by atoms with E-state index in [0.29, 0.717) is 6.54 Å². The van der Waals surface area contributed by atoms with Crippen LogP contribution in [-0.2, 0) is 16.1 Å². The van der Waals surface area contributed by atoms with E-state index in [4.69, 9.17) is 0 Å². The lowest BCUT2D eigenvalue weighted by Gasteiger charge is -2.37. The number of nitrogens with zero attached hydrogens (tertiary/aromatic N) is 1. The van der Waals surface area contributed by atoms with Crippen LogP contribution in [0.5, 0.6) is 0 Å². The second kappa shape index (κ2) is 5.21. The van der Waals surface area contributed by atoms with Crippen molar-refractivity contribution in [3.8, 4) is 0 Å². The van der Waals surface area contributed by atoms with Crippen LogP contribution in [0, 0.1) is 5.92 Å². The maximum absolute atomic E-state index is 12.0. The van der Waals surface area contributed by atoms with Crippen molar-refractivity contribution in [1.82, 2.24) is 10.2 Å². The molecule has 1 fully saturated rings. The molecule has 1 atom stereocenters. The van der Waals surface area contributed by atoms with Gasteiger partial charge in [-0.3, -0.25) is 9.59 Å². The van der Waals surface area contributed by atoms with Gasteiger partial charge < -0.3 is 10.2 Å². The van der Waals surface area contributed by atoms with Crippen molar-refractivity contribution in [3.63, 3.8) is 0 Å². The Morgan fingerprint density at radius 1 is 1.28 bits per heavy atom. The van der Waals surface area contributed by atoms with Gasteiger partial charge in [-0.2, -0.15) is 0 Å². The van der Waals surface area contributed by atoms with E-state index in [1.807, 2.05) is 44.2 Å². The highest BCUT2D eigenvalue weighted by Gasteiger charge is 2.36. The number of nitrogens with one attached hydrogen (secondary N) is 1. The number of carbonyl (C=O) groups excluding carboxylic acids is 2. The molecule has 0 radical (unpaired) electrons. The Morgan fingerprint density at radius 2 is 1.94 bits per heavy atom. The maximum atomic E-state index is 12.0. The Morgan fingerprint density at radius 3 is 2.56 bits per heavy atom. The number of carbonyl (C=O) groups is 2. The van der Waals surface area contributed by atoms with Gasteiger partial charge in [-0.25, -0.2) is 0 Å². The Labute approximate surface area is 107 Å². The first-order valence-corrected chi connectivity index (χ1v) is 6.20. The number of rotatable bonds is 3. The quantitative estimate of drug-likeness (QED) is 0.870. The Balaban J connectivity index is 2.21. The Kier molecular flexibility index (Phi) is 3.65. The topological polar surface area (TPSA) is 49.4 Å². The van der Waals surface area contributed by atoms with Gasteiger partial charge in [0.25, 0.3) is 0 Å².